The Morgan fingerprint density at radius 2 is 1.71 bits per heavy atom. The van der Waals surface area contributed by atoms with E-state index in [9.17, 15) is 18.8 Å². The van der Waals surface area contributed by atoms with Gasteiger partial charge in [-0.2, -0.15) is 0 Å². The number of halogens is 1. The van der Waals surface area contributed by atoms with Crippen molar-refractivity contribution < 1.29 is 28.2 Å². The molecule has 0 unspecified atom stereocenters. The highest BCUT2D eigenvalue weighted by Gasteiger charge is 2.51. The van der Waals surface area contributed by atoms with Crippen LogP contribution in [0.4, 0.5) is 9.18 Å². The van der Waals surface area contributed by atoms with Crippen LogP contribution in [0.25, 0.3) is 0 Å². The average Bonchev–Trinajstić information content (AvgIpc) is 2.93. The van der Waals surface area contributed by atoms with Gasteiger partial charge in [0.1, 0.15) is 17.9 Å². The lowest BCUT2D eigenvalue weighted by Gasteiger charge is -2.27. The van der Waals surface area contributed by atoms with Gasteiger partial charge in [-0.3, -0.25) is 14.5 Å². The molecule has 1 heterocycles. The van der Waals surface area contributed by atoms with Gasteiger partial charge < -0.3 is 19.7 Å². The molecule has 1 aromatic rings. The van der Waals surface area contributed by atoms with Crippen LogP contribution in [0.3, 0.4) is 0 Å². The smallest absolute Gasteiger partial charge is 0.325 e. The molecule has 4 amide bonds. The number of imide groups is 1. The van der Waals surface area contributed by atoms with E-state index < -0.39 is 23.3 Å². The van der Waals surface area contributed by atoms with Crippen LogP contribution in [-0.2, 0) is 24.6 Å². The van der Waals surface area contributed by atoms with E-state index in [2.05, 4.69) is 5.32 Å². The van der Waals surface area contributed by atoms with Gasteiger partial charge >= 0.3 is 6.03 Å². The fourth-order valence-corrected chi connectivity index (χ4v) is 3.14. The zero-order valence-corrected chi connectivity index (χ0v) is 16.4. The summed E-state index contributed by atoms with van der Waals surface area (Å²) in [6.45, 7) is 2.64. The molecule has 154 valence electrons. The van der Waals surface area contributed by atoms with E-state index in [-0.39, 0.29) is 18.9 Å². The second-order valence-corrected chi connectivity index (χ2v) is 6.45. The first-order chi connectivity index (χ1) is 13.4. The van der Waals surface area contributed by atoms with Crippen molar-refractivity contribution in [3.8, 4) is 0 Å². The predicted molar refractivity (Wildman–Crippen MR) is 98.9 cm³/mol. The molecule has 0 saturated carbocycles. The molecule has 1 aromatic carbocycles. The highest BCUT2D eigenvalue weighted by molar-refractivity contribution is 6.09. The van der Waals surface area contributed by atoms with Crippen LogP contribution in [0.1, 0.15) is 18.9 Å². The first-order valence-corrected chi connectivity index (χ1v) is 9.05. The fourth-order valence-electron chi connectivity index (χ4n) is 3.14. The van der Waals surface area contributed by atoms with Gasteiger partial charge in [0.15, 0.2) is 0 Å². The van der Waals surface area contributed by atoms with E-state index in [0.717, 1.165) is 4.90 Å². The quantitative estimate of drug-likeness (QED) is 0.600. The summed E-state index contributed by atoms with van der Waals surface area (Å²) in [5.41, 5.74) is -0.838. The number of rotatable bonds is 10. The fraction of sp³-hybridized carbons (Fsp3) is 0.526. The van der Waals surface area contributed by atoms with Gasteiger partial charge in [-0.15, -0.1) is 0 Å². The molecule has 0 bridgehead atoms. The van der Waals surface area contributed by atoms with E-state index >= 15 is 0 Å². The zero-order chi connectivity index (χ0) is 20.7. The van der Waals surface area contributed by atoms with Crippen LogP contribution in [0.15, 0.2) is 24.3 Å². The minimum Gasteiger partial charge on any atom is -0.383 e. The summed E-state index contributed by atoms with van der Waals surface area (Å²) < 4.78 is 23.3. The number of carbonyl (C=O) groups is 3. The minimum atomic E-state index is -1.31. The van der Waals surface area contributed by atoms with Crippen LogP contribution >= 0.6 is 0 Å². The molecule has 2 rings (SSSR count). The first-order valence-electron chi connectivity index (χ1n) is 9.05. The predicted octanol–water partition coefficient (Wildman–Crippen LogP) is 1.10. The van der Waals surface area contributed by atoms with Crippen molar-refractivity contribution in [1.82, 2.24) is 15.1 Å². The molecule has 9 heteroatoms. The molecule has 0 radical (unpaired) electrons. The monoisotopic (exact) mass is 395 g/mol. The molecule has 0 spiro atoms. The van der Waals surface area contributed by atoms with Gasteiger partial charge in [-0.05, 0) is 24.1 Å². The zero-order valence-electron chi connectivity index (χ0n) is 16.4. The molecule has 1 aliphatic heterocycles. The lowest BCUT2D eigenvalue weighted by molar-refractivity contribution is -0.140. The van der Waals surface area contributed by atoms with Gasteiger partial charge in [0, 0.05) is 27.3 Å². The Morgan fingerprint density at radius 3 is 2.21 bits per heavy atom. The molecule has 1 N–H and O–H groups in total. The van der Waals surface area contributed by atoms with Crippen molar-refractivity contribution in [3.05, 3.63) is 35.6 Å². The lowest BCUT2D eigenvalue weighted by atomic mass is 9.87. The summed E-state index contributed by atoms with van der Waals surface area (Å²) in [4.78, 5) is 40.6. The molecule has 28 heavy (non-hydrogen) atoms. The summed E-state index contributed by atoms with van der Waals surface area (Å²) in [5, 5.41) is 2.68. The van der Waals surface area contributed by atoms with Gasteiger partial charge in [-0.1, -0.05) is 19.1 Å². The summed E-state index contributed by atoms with van der Waals surface area (Å²) in [6, 6.07) is 4.74. The van der Waals surface area contributed by atoms with E-state index in [1.807, 2.05) is 0 Å². The maximum atomic E-state index is 13.3. The highest BCUT2D eigenvalue weighted by atomic mass is 19.1. The topological polar surface area (TPSA) is 88.2 Å². The second-order valence-electron chi connectivity index (χ2n) is 6.45. The van der Waals surface area contributed by atoms with E-state index in [4.69, 9.17) is 9.47 Å². The third-order valence-corrected chi connectivity index (χ3v) is 4.82. The number of ether oxygens (including phenoxy) is 2. The first kappa shape index (κ1) is 21.8. The SMILES string of the molecule is CC[C@@]1(c2ccc(F)cc2)NC(=O)N(CC(=O)N(CCOC)CCOC)C1=O. The largest absolute Gasteiger partial charge is 0.383 e. The maximum absolute atomic E-state index is 13.3. The van der Waals surface area contributed by atoms with Crippen LogP contribution in [0.2, 0.25) is 0 Å². The Balaban J connectivity index is 2.19. The molecular formula is C19H26FN3O5. The van der Waals surface area contributed by atoms with Crippen molar-refractivity contribution >= 4 is 17.8 Å². The molecule has 1 atom stereocenters. The third kappa shape index (κ3) is 4.48. The Bertz CT molecular complexity index is 704. The van der Waals surface area contributed by atoms with E-state index in [0.29, 0.717) is 31.9 Å². The van der Waals surface area contributed by atoms with Crippen LogP contribution < -0.4 is 5.32 Å². The number of benzene rings is 1. The number of amides is 4. The van der Waals surface area contributed by atoms with E-state index in [1.54, 1.807) is 6.92 Å². The van der Waals surface area contributed by atoms with Gasteiger partial charge in [0.2, 0.25) is 5.91 Å². The van der Waals surface area contributed by atoms with Gasteiger partial charge in [0.25, 0.3) is 5.91 Å². The number of carbonyl (C=O) groups excluding carboxylic acids is 3. The van der Waals surface area contributed by atoms with Crippen molar-refractivity contribution in [2.75, 3.05) is 47.1 Å². The number of hydrogen-bond donors (Lipinski definition) is 1. The molecule has 8 nitrogen and oxygen atoms in total. The number of nitrogens with zero attached hydrogens (tertiary/aromatic N) is 2. The van der Waals surface area contributed by atoms with Crippen molar-refractivity contribution in [2.24, 2.45) is 0 Å². The van der Waals surface area contributed by atoms with Gasteiger partial charge in [-0.25, -0.2) is 9.18 Å². The Kier molecular flexibility index (Phi) is 7.47. The Labute approximate surface area is 163 Å². The summed E-state index contributed by atoms with van der Waals surface area (Å²) in [5.74, 6) is -1.35. The number of urea groups is 1. The summed E-state index contributed by atoms with van der Waals surface area (Å²) in [7, 11) is 3.05. The van der Waals surface area contributed by atoms with Crippen molar-refractivity contribution in [3.63, 3.8) is 0 Å². The van der Waals surface area contributed by atoms with Gasteiger partial charge in [0.05, 0.1) is 13.2 Å². The summed E-state index contributed by atoms with van der Waals surface area (Å²) in [6.07, 6.45) is 0.269. The summed E-state index contributed by atoms with van der Waals surface area (Å²) >= 11 is 0. The highest BCUT2D eigenvalue weighted by Crippen LogP contribution is 2.32. The number of methoxy groups -OCH3 is 2. The molecule has 0 aliphatic carbocycles. The molecule has 0 aromatic heterocycles. The number of hydrogen-bond acceptors (Lipinski definition) is 5. The van der Waals surface area contributed by atoms with Crippen LogP contribution in [-0.4, -0.2) is 74.7 Å². The standard InChI is InChI=1S/C19H26FN3O5/c1-4-19(14-5-7-15(20)8-6-14)17(25)23(18(26)21-19)13-16(24)22(9-11-27-2)10-12-28-3/h5-8H,4,9-13H2,1-3H3,(H,21,26)/t19-/m0/s1. The van der Waals surface area contributed by atoms with Crippen LogP contribution in [0.5, 0.6) is 0 Å². The maximum Gasteiger partial charge on any atom is 0.325 e. The molecular weight excluding hydrogens is 369 g/mol. The third-order valence-electron chi connectivity index (χ3n) is 4.82. The van der Waals surface area contributed by atoms with Crippen molar-refractivity contribution in [1.29, 1.82) is 0 Å². The minimum absolute atomic E-state index is 0.269. The molecule has 1 aliphatic rings. The molecule has 1 fully saturated rings. The number of nitrogens with one attached hydrogen (secondary N) is 1. The average molecular weight is 395 g/mol. The van der Waals surface area contributed by atoms with Crippen molar-refractivity contribution in [2.45, 2.75) is 18.9 Å². The van der Waals surface area contributed by atoms with E-state index in [1.165, 1.54) is 43.4 Å². The lowest BCUT2D eigenvalue weighted by Crippen LogP contribution is -2.46. The normalized spacial score (nSPS) is 19.1. The van der Waals surface area contributed by atoms with Crippen LogP contribution in [0, 0.1) is 5.82 Å². The second kappa shape index (κ2) is 9.61. The Hall–Kier alpha value is -2.52. The molecule has 1 saturated heterocycles. The Morgan fingerprint density at radius 1 is 1.14 bits per heavy atom.